The molecule has 1 atom stereocenters. The maximum absolute atomic E-state index is 13.5. The molecule has 4 rings (SSSR count). The molecule has 0 radical (unpaired) electrons. The molecule has 0 aromatic heterocycles. The van der Waals surface area contributed by atoms with Crippen LogP contribution in [0.2, 0.25) is 10.0 Å². The summed E-state index contributed by atoms with van der Waals surface area (Å²) >= 11 is 12.2. The first-order valence-corrected chi connectivity index (χ1v) is 11.5. The third kappa shape index (κ3) is 5.42. The van der Waals surface area contributed by atoms with Gasteiger partial charge >= 0.3 is 0 Å². The minimum atomic E-state index is -0.0681. The molecule has 3 aromatic carbocycles. The number of likely N-dealkylation sites (tertiary alicyclic amines) is 1. The Hall–Kier alpha value is -2.59. The van der Waals surface area contributed by atoms with Gasteiger partial charge in [0.05, 0.1) is 10.0 Å². The SMILES string of the molecule is CC(Oc1ccc(C(=O)/C(=C/c2ccc(Cl)c(Cl)c2)c2ccccc2)cc1)N1CCCC1. The van der Waals surface area contributed by atoms with E-state index in [-0.39, 0.29) is 12.0 Å². The van der Waals surface area contributed by atoms with Crippen LogP contribution in [0.5, 0.6) is 5.75 Å². The van der Waals surface area contributed by atoms with E-state index in [1.165, 1.54) is 12.8 Å². The van der Waals surface area contributed by atoms with Crippen LogP contribution in [-0.4, -0.2) is 30.0 Å². The summed E-state index contributed by atoms with van der Waals surface area (Å²) in [5, 5.41) is 0.934. The third-order valence-electron chi connectivity index (χ3n) is 5.66. The van der Waals surface area contributed by atoms with Crippen molar-refractivity contribution < 1.29 is 9.53 Å². The number of halogens is 2. The third-order valence-corrected chi connectivity index (χ3v) is 6.40. The van der Waals surface area contributed by atoms with Gasteiger partial charge in [-0.15, -0.1) is 0 Å². The summed E-state index contributed by atoms with van der Waals surface area (Å²) < 4.78 is 6.07. The molecule has 3 nitrogen and oxygen atoms in total. The average Bonchev–Trinajstić information content (AvgIpc) is 3.36. The van der Waals surface area contributed by atoms with Crippen molar-refractivity contribution in [1.82, 2.24) is 4.90 Å². The van der Waals surface area contributed by atoms with Crippen molar-refractivity contribution in [1.29, 1.82) is 0 Å². The molecule has 0 aliphatic carbocycles. The normalized spacial score (nSPS) is 15.5. The topological polar surface area (TPSA) is 29.5 Å². The fraction of sp³-hybridized carbons (Fsp3) is 0.222. The Morgan fingerprint density at radius 1 is 0.906 bits per heavy atom. The van der Waals surface area contributed by atoms with E-state index in [0.717, 1.165) is 30.0 Å². The lowest BCUT2D eigenvalue weighted by atomic mass is 9.94. The van der Waals surface area contributed by atoms with Crippen molar-refractivity contribution in [2.24, 2.45) is 0 Å². The van der Waals surface area contributed by atoms with Crippen molar-refractivity contribution in [3.63, 3.8) is 0 Å². The van der Waals surface area contributed by atoms with Crippen LogP contribution in [0.25, 0.3) is 11.6 Å². The Morgan fingerprint density at radius 2 is 1.59 bits per heavy atom. The molecule has 0 saturated carbocycles. The van der Waals surface area contributed by atoms with E-state index in [4.69, 9.17) is 27.9 Å². The summed E-state index contributed by atoms with van der Waals surface area (Å²) in [6, 6.07) is 22.3. The number of nitrogens with zero attached hydrogens (tertiary/aromatic N) is 1. The second-order valence-corrected chi connectivity index (χ2v) is 8.73. The fourth-order valence-corrected chi connectivity index (χ4v) is 4.19. The van der Waals surface area contributed by atoms with Crippen LogP contribution in [0.1, 0.15) is 41.3 Å². The second-order valence-electron chi connectivity index (χ2n) is 7.91. The zero-order valence-electron chi connectivity index (χ0n) is 17.9. The van der Waals surface area contributed by atoms with Crippen LogP contribution in [0.3, 0.4) is 0 Å². The van der Waals surface area contributed by atoms with Crippen molar-refractivity contribution in [2.45, 2.75) is 26.0 Å². The van der Waals surface area contributed by atoms with E-state index < -0.39 is 0 Å². The summed E-state index contributed by atoms with van der Waals surface area (Å²) in [6.45, 7) is 4.20. The summed E-state index contributed by atoms with van der Waals surface area (Å²) in [7, 11) is 0. The van der Waals surface area contributed by atoms with E-state index in [1.54, 1.807) is 12.1 Å². The van der Waals surface area contributed by atoms with Gasteiger partial charge < -0.3 is 4.74 Å². The van der Waals surface area contributed by atoms with E-state index in [0.29, 0.717) is 21.2 Å². The summed E-state index contributed by atoms with van der Waals surface area (Å²) in [4.78, 5) is 15.8. The molecule has 1 saturated heterocycles. The highest BCUT2D eigenvalue weighted by atomic mass is 35.5. The van der Waals surface area contributed by atoms with Gasteiger partial charge in [0.2, 0.25) is 0 Å². The molecule has 0 spiro atoms. The Labute approximate surface area is 199 Å². The van der Waals surface area contributed by atoms with Gasteiger partial charge in [-0.25, -0.2) is 0 Å². The smallest absolute Gasteiger partial charge is 0.193 e. The van der Waals surface area contributed by atoms with Gasteiger partial charge in [-0.05, 0) is 73.4 Å². The number of ether oxygens (including phenoxy) is 1. The van der Waals surface area contributed by atoms with Crippen molar-refractivity contribution >= 4 is 40.6 Å². The number of carbonyl (C=O) groups is 1. The molecule has 1 aliphatic heterocycles. The lowest BCUT2D eigenvalue weighted by Crippen LogP contribution is -2.34. The summed E-state index contributed by atoms with van der Waals surface area (Å²) in [5.74, 6) is 0.692. The fourth-order valence-electron chi connectivity index (χ4n) is 3.88. The molecule has 0 N–H and O–H groups in total. The Balaban J connectivity index is 1.59. The highest BCUT2D eigenvalue weighted by Gasteiger charge is 2.20. The maximum Gasteiger partial charge on any atom is 0.193 e. The van der Waals surface area contributed by atoms with Gasteiger partial charge in [-0.3, -0.25) is 9.69 Å². The minimum Gasteiger partial charge on any atom is -0.475 e. The number of allylic oxidation sites excluding steroid dienone is 1. The van der Waals surface area contributed by atoms with E-state index in [2.05, 4.69) is 11.8 Å². The van der Waals surface area contributed by atoms with Gasteiger partial charge in [0.1, 0.15) is 12.0 Å². The first-order valence-electron chi connectivity index (χ1n) is 10.8. The van der Waals surface area contributed by atoms with Crippen LogP contribution >= 0.6 is 23.2 Å². The van der Waals surface area contributed by atoms with Crippen molar-refractivity contribution in [3.8, 4) is 5.75 Å². The van der Waals surface area contributed by atoms with Crippen LogP contribution in [0, 0.1) is 0 Å². The summed E-state index contributed by atoms with van der Waals surface area (Å²) in [5.41, 5.74) is 2.84. The van der Waals surface area contributed by atoms with E-state index in [1.807, 2.05) is 66.7 Å². The number of hydrogen-bond donors (Lipinski definition) is 0. The van der Waals surface area contributed by atoms with E-state index in [9.17, 15) is 4.79 Å². The Bertz CT molecular complexity index is 1100. The first kappa shape index (κ1) is 22.6. The molecular weight excluding hydrogens is 441 g/mol. The van der Waals surface area contributed by atoms with Crippen LogP contribution in [0.15, 0.2) is 72.8 Å². The predicted octanol–water partition coefficient (Wildman–Crippen LogP) is 7.24. The molecule has 1 heterocycles. The van der Waals surface area contributed by atoms with Crippen LogP contribution in [-0.2, 0) is 0 Å². The van der Waals surface area contributed by atoms with Crippen molar-refractivity contribution in [2.75, 3.05) is 13.1 Å². The molecule has 164 valence electrons. The molecule has 1 aliphatic rings. The van der Waals surface area contributed by atoms with E-state index >= 15 is 0 Å². The Morgan fingerprint density at radius 3 is 2.25 bits per heavy atom. The van der Waals surface area contributed by atoms with Gasteiger partial charge in [0, 0.05) is 24.2 Å². The number of ketones is 1. The zero-order chi connectivity index (χ0) is 22.5. The first-order chi connectivity index (χ1) is 15.5. The number of hydrogen-bond acceptors (Lipinski definition) is 3. The Kier molecular flexibility index (Phi) is 7.31. The van der Waals surface area contributed by atoms with Crippen LogP contribution in [0.4, 0.5) is 0 Å². The van der Waals surface area contributed by atoms with Gasteiger partial charge in [0.15, 0.2) is 5.78 Å². The lowest BCUT2D eigenvalue weighted by Gasteiger charge is -2.24. The molecule has 32 heavy (non-hydrogen) atoms. The summed E-state index contributed by atoms with van der Waals surface area (Å²) in [6.07, 6.45) is 4.30. The lowest BCUT2D eigenvalue weighted by molar-refractivity contribution is 0.0592. The maximum atomic E-state index is 13.5. The number of benzene rings is 3. The number of carbonyl (C=O) groups excluding carboxylic acids is 1. The zero-order valence-corrected chi connectivity index (χ0v) is 19.4. The largest absolute Gasteiger partial charge is 0.475 e. The highest BCUT2D eigenvalue weighted by Crippen LogP contribution is 2.28. The monoisotopic (exact) mass is 465 g/mol. The quantitative estimate of drug-likeness (QED) is 0.209. The molecule has 3 aromatic rings. The standard InChI is InChI=1S/C27H25Cl2NO2/c1-19(30-15-5-6-16-30)32-23-12-10-22(11-13-23)27(31)24(21-7-3-2-4-8-21)17-20-9-14-25(28)26(29)18-20/h2-4,7-14,17-19H,5-6,15-16H2,1H3/b24-17+. The molecule has 1 fully saturated rings. The van der Waals surface area contributed by atoms with Crippen LogP contribution < -0.4 is 4.74 Å². The van der Waals surface area contributed by atoms with Gasteiger partial charge in [0.25, 0.3) is 0 Å². The molecule has 0 amide bonds. The number of rotatable bonds is 7. The molecule has 0 bridgehead atoms. The minimum absolute atomic E-state index is 0.0217. The number of Topliss-reactive ketones (excluding diaryl/α,β-unsaturated/α-hetero) is 1. The molecule has 1 unspecified atom stereocenters. The second kappa shape index (κ2) is 10.4. The molecular formula is C27H25Cl2NO2. The molecule has 5 heteroatoms. The van der Waals surface area contributed by atoms with Gasteiger partial charge in [-0.2, -0.15) is 0 Å². The average molecular weight is 466 g/mol. The van der Waals surface area contributed by atoms with Gasteiger partial charge in [-0.1, -0.05) is 59.6 Å². The highest BCUT2D eigenvalue weighted by molar-refractivity contribution is 6.42. The predicted molar refractivity (Wildman–Crippen MR) is 132 cm³/mol. The van der Waals surface area contributed by atoms with Crippen molar-refractivity contribution in [3.05, 3.63) is 99.5 Å².